The van der Waals surface area contributed by atoms with Gasteiger partial charge in [0.15, 0.2) is 28.4 Å². The van der Waals surface area contributed by atoms with Gasteiger partial charge in [-0.1, -0.05) is 0 Å². The van der Waals surface area contributed by atoms with E-state index in [4.69, 9.17) is 18.6 Å². The van der Waals surface area contributed by atoms with Crippen LogP contribution < -0.4 is 19.6 Å². The molecule has 2 aliphatic rings. The largest absolute Gasteiger partial charge is 0.493 e. The lowest BCUT2D eigenvalue weighted by Gasteiger charge is -2.14. The molecule has 0 saturated carbocycles. The minimum Gasteiger partial charge on any atom is -0.493 e. The molecule has 3 rings (SSSR count). The van der Waals surface area contributed by atoms with Crippen LogP contribution in [0.1, 0.15) is 0 Å². The summed E-state index contributed by atoms with van der Waals surface area (Å²) in [6.45, 7) is 0. The zero-order chi connectivity index (χ0) is 16.4. The van der Waals surface area contributed by atoms with E-state index < -0.39 is 0 Å². The van der Waals surface area contributed by atoms with Gasteiger partial charge in [-0.05, 0) is 36.4 Å². The Balaban J connectivity index is 2.22. The van der Waals surface area contributed by atoms with Crippen molar-refractivity contribution in [3.05, 3.63) is 52.7 Å². The van der Waals surface area contributed by atoms with E-state index >= 15 is 0 Å². The molecular weight excluding hydrogens is 296 g/mol. The normalized spacial score (nSPS) is 10.6. The molecule has 0 N–H and O–H groups in total. The molecule has 5 heteroatoms. The van der Waals surface area contributed by atoms with E-state index in [0.29, 0.717) is 28.8 Å². The Morgan fingerprint density at radius 2 is 1.39 bits per heavy atom. The van der Waals surface area contributed by atoms with Crippen molar-refractivity contribution >= 4 is 0 Å². The minimum absolute atomic E-state index is 0.107. The molecule has 0 amide bonds. The van der Waals surface area contributed by atoms with Gasteiger partial charge in [0.1, 0.15) is 5.76 Å². The van der Waals surface area contributed by atoms with Gasteiger partial charge in [0.05, 0.1) is 21.3 Å². The van der Waals surface area contributed by atoms with Crippen molar-refractivity contribution in [2.24, 2.45) is 0 Å². The Hall–Kier alpha value is -2.95. The highest BCUT2D eigenvalue weighted by molar-refractivity contribution is 5.73. The van der Waals surface area contributed by atoms with Crippen LogP contribution in [0.2, 0.25) is 0 Å². The first-order chi connectivity index (χ1) is 11.2. The lowest BCUT2D eigenvalue weighted by Crippen LogP contribution is -1.99. The van der Waals surface area contributed by atoms with Crippen LogP contribution in [0.15, 0.2) is 51.7 Å². The molecule has 0 fully saturated rings. The minimum atomic E-state index is -0.107. The van der Waals surface area contributed by atoms with Crippen LogP contribution in [0.3, 0.4) is 0 Å². The zero-order valence-electron chi connectivity index (χ0n) is 13.1. The van der Waals surface area contributed by atoms with Crippen molar-refractivity contribution in [3.63, 3.8) is 0 Å². The van der Waals surface area contributed by atoms with E-state index in [9.17, 15) is 4.79 Å². The SMILES string of the molecule is COc1ccc(-c2oc3cc(=O)ccc-3cc2OC)cc1OC. The summed E-state index contributed by atoms with van der Waals surface area (Å²) in [5, 5.41) is 0. The zero-order valence-corrected chi connectivity index (χ0v) is 13.1. The van der Waals surface area contributed by atoms with Crippen LogP contribution in [-0.4, -0.2) is 21.3 Å². The molecule has 5 nitrogen and oxygen atoms in total. The fraction of sp³-hybridized carbons (Fsp3) is 0.167. The molecule has 118 valence electrons. The first-order valence-electron chi connectivity index (χ1n) is 7.00. The molecule has 1 aliphatic carbocycles. The molecule has 1 aliphatic heterocycles. The quantitative estimate of drug-likeness (QED) is 0.738. The van der Waals surface area contributed by atoms with Gasteiger partial charge in [-0.15, -0.1) is 0 Å². The van der Waals surface area contributed by atoms with Gasteiger partial charge in [-0.3, -0.25) is 4.79 Å². The molecule has 23 heavy (non-hydrogen) atoms. The third-order valence-corrected chi connectivity index (χ3v) is 3.57. The van der Waals surface area contributed by atoms with Gasteiger partial charge >= 0.3 is 0 Å². The van der Waals surface area contributed by atoms with Crippen LogP contribution in [0.25, 0.3) is 22.6 Å². The van der Waals surface area contributed by atoms with E-state index in [-0.39, 0.29) is 5.43 Å². The van der Waals surface area contributed by atoms with Crippen LogP contribution >= 0.6 is 0 Å². The summed E-state index contributed by atoms with van der Waals surface area (Å²) >= 11 is 0. The van der Waals surface area contributed by atoms with E-state index in [1.807, 2.05) is 12.1 Å². The maximum atomic E-state index is 11.5. The Labute approximate surface area is 133 Å². The van der Waals surface area contributed by atoms with Crippen LogP contribution in [0.4, 0.5) is 0 Å². The molecule has 1 heterocycles. The second-order valence-corrected chi connectivity index (χ2v) is 4.91. The molecule has 0 atom stereocenters. The maximum absolute atomic E-state index is 11.5. The molecule has 0 spiro atoms. The molecule has 0 aromatic heterocycles. The molecule has 1 aromatic carbocycles. The molecule has 0 saturated heterocycles. The lowest BCUT2D eigenvalue weighted by molar-refractivity contribution is 0.355. The molecular formula is C18H16O5. The van der Waals surface area contributed by atoms with E-state index in [2.05, 4.69) is 0 Å². The molecule has 1 aromatic rings. The van der Waals surface area contributed by atoms with E-state index in [1.165, 1.54) is 12.1 Å². The Bertz CT molecular complexity index is 866. The van der Waals surface area contributed by atoms with Crippen molar-refractivity contribution < 1.29 is 18.6 Å². The number of benzene rings is 2. The Kier molecular flexibility index (Phi) is 3.93. The highest BCUT2D eigenvalue weighted by Gasteiger charge is 2.16. The summed E-state index contributed by atoms with van der Waals surface area (Å²) in [5.74, 6) is 2.80. The fourth-order valence-electron chi connectivity index (χ4n) is 2.42. The smallest absolute Gasteiger partial charge is 0.182 e. The second-order valence-electron chi connectivity index (χ2n) is 4.91. The summed E-state index contributed by atoms with van der Waals surface area (Å²) in [6, 6.07) is 11.9. The average Bonchev–Trinajstić information content (AvgIpc) is 2.59. The Morgan fingerprint density at radius 1 is 0.739 bits per heavy atom. The predicted molar refractivity (Wildman–Crippen MR) is 86.7 cm³/mol. The summed E-state index contributed by atoms with van der Waals surface area (Å²) in [5.41, 5.74) is 1.45. The molecule has 0 unspecified atom stereocenters. The van der Waals surface area contributed by atoms with Gasteiger partial charge in [-0.2, -0.15) is 0 Å². The third kappa shape index (κ3) is 2.73. The summed E-state index contributed by atoms with van der Waals surface area (Å²) in [7, 11) is 4.72. The van der Waals surface area contributed by atoms with Crippen molar-refractivity contribution in [1.82, 2.24) is 0 Å². The molecule has 0 radical (unpaired) electrons. The number of fused-ring (bicyclic) bond motifs is 1. The van der Waals surface area contributed by atoms with Crippen LogP contribution in [-0.2, 0) is 0 Å². The van der Waals surface area contributed by atoms with Crippen molar-refractivity contribution in [2.75, 3.05) is 21.3 Å². The van der Waals surface area contributed by atoms with E-state index in [0.717, 1.165) is 11.1 Å². The standard InChI is InChI=1S/C18H16O5/c1-20-14-7-5-12(9-16(14)21-2)18-17(22-3)8-11-4-6-13(19)10-15(11)23-18/h4-10H,1-3H3. The van der Waals surface area contributed by atoms with Gasteiger partial charge in [0.25, 0.3) is 0 Å². The number of ether oxygens (including phenoxy) is 3. The maximum Gasteiger partial charge on any atom is 0.182 e. The van der Waals surface area contributed by atoms with Gasteiger partial charge in [0.2, 0.25) is 0 Å². The van der Waals surface area contributed by atoms with Crippen LogP contribution in [0.5, 0.6) is 17.2 Å². The number of rotatable bonds is 4. The third-order valence-electron chi connectivity index (χ3n) is 3.57. The fourth-order valence-corrected chi connectivity index (χ4v) is 2.42. The van der Waals surface area contributed by atoms with Gasteiger partial charge in [-0.25, -0.2) is 0 Å². The summed E-state index contributed by atoms with van der Waals surface area (Å²) in [4.78, 5) is 11.5. The number of hydrogen-bond acceptors (Lipinski definition) is 5. The summed E-state index contributed by atoms with van der Waals surface area (Å²) < 4.78 is 21.9. The average molecular weight is 312 g/mol. The lowest BCUT2D eigenvalue weighted by atomic mass is 10.1. The van der Waals surface area contributed by atoms with Gasteiger partial charge < -0.3 is 18.6 Å². The topological polar surface area (TPSA) is 57.9 Å². The summed E-state index contributed by atoms with van der Waals surface area (Å²) in [6.07, 6.45) is 0. The molecule has 0 bridgehead atoms. The van der Waals surface area contributed by atoms with Crippen molar-refractivity contribution in [1.29, 1.82) is 0 Å². The highest BCUT2D eigenvalue weighted by Crippen LogP contribution is 2.39. The predicted octanol–water partition coefficient (Wildman–Crippen LogP) is 3.44. The Morgan fingerprint density at radius 3 is 2.09 bits per heavy atom. The number of hydrogen-bond donors (Lipinski definition) is 0. The van der Waals surface area contributed by atoms with Crippen molar-refractivity contribution in [2.45, 2.75) is 0 Å². The number of methoxy groups -OCH3 is 3. The van der Waals surface area contributed by atoms with E-state index in [1.54, 1.807) is 39.5 Å². The first kappa shape index (κ1) is 15.0. The van der Waals surface area contributed by atoms with Crippen molar-refractivity contribution in [3.8, 4) is 39.9 Å². The van der Waals surface area contributed by atoms with Gasteiger partial charge in [0, 0.05) is 17.2 Å². The van der Waals surface area contributed by atoms with Crippen LogP contribution in [0, 0.1) is 0 Å². The first-order valence-corrected chi connectivity index (χ1v) is 7.00. The second kappa shape index (κ2) is 6.04. The monoisotopic (exact) mass is 312 g/mol. The highest BCUT2D eigenvalue weighted by atomic mass is 16.5.